The first kappa shape index (κ1) is 21.0. The summed E-state index contributed by atoms with van der Waals surface area (Å²) in [5.74, 6) is -1.13. The van der Waals surface area contributed by atoms with Gasteiger partial charge in [0, 0.05) is 6.92 Å². The molecule has 2 aromatic heterocycles. The quantitative estimate of drug-likeness (QED) is 0.542. The van der Waals surface area contributed by atoms with Crippen molar-refractivity contribution in [1.82, 2.24) is 19.5 Å². The topological polar surface area (TPSA) is 97.6 Å². The van der Waals surface area contributed by atoms with Gasteiger partial charge in [0.05, 0.1) is 12.0 Å². The molecule has 0 aliphatic carbocycles. The van der Waals surface area contributed by atoms with E-state index in [0.717, 1.165) is 24.1 Å². The van der Waals surface area contributed by atoms with Crippen LogP contribution in [0.4, 0.5) is 0 Å². The van der Waals surface area contributed by atoms with Crippen LogP contribution >= 0.6 is 0 Å². The van der Waals surface area contributed by atoms with Crippen LogP contribution in [-0.2, 0) is 36.6 Å². The van der Waals surface area contributed by atoms with Crippen LogP contribution in [0, 0.1) is 0 Å². The Kier molecular flexibility index (Phi) is 5.40. The number of benzene rings is 1. The summed E-state index contributed by atoms with van der Waals surface area (Å²) in [7, 11) is 0. The van der Waals surface area contributed by atoms with Crippen LogP contribution in [0.25, 0.3) is 11.2 Å². The Balaban J connectivity index is 1.42. The van der Waals surface area contributed by atoms with Gasteiger partial charge in [-0.05, 0) is 32.3 Å². The number of nitrogens with zero attached hydrogens (tertiary/aromatic N) is 4. The van der Waals surface area contributed by atoms with E-state index in [1.165, 1.54) is 12.5 Å². The predicted molar refractivity (Wildman–Crippen MR) is 114 cm³/mol. The van der Waals surface area contributed by atoms with E-state index in [9.17, 15) is 4.79 Å². The van der Waals surface area contributed by atoms with E-state index in [1.807, 2.05) is 36.6 Å². The van der Waals surface area contributed by atoms with E-state index in [0.29, 0.717) is 5.65 Å². The van der Waals surface area contributed by atoms with E-state index >= 15 is 0 Å². The fraction of sp³-hybridized carbons (Fsp3) is 0.478. The first-order chi connectivity index (χ1) is 15.4. The standard InChI is InChI=1S/C23H26N4O5/c1-14(28)29-11-17-19-20(32-23(2,3)31-19)22(30-17)27-13-26-18-16(24-12-25-21(18)27)10-9-15-7-5-4-6-8-15/h4-8,12-13,17,19-20,22H,9-11H2,1-3H3/t17-,19-,20-,22-/m1/s1. The van der Waals surface area contributed by atoms with Gasteiger partial charge in [0.25, 0.3) is 0 Å². The molecule has 0 N–H and O–H groups in total. The molecule has 1 aromatic carbocycles. The molecule has 32 heavy (non-hydrogen) atoms. The van der Waals surface area contributed by atoms with Crippen molar-refractivity contribution in [2.24, 2.45) is 0 Å². The Bertz CT molecular complexity index is 1120. The van der Waals surface area contributed by atoms with Gasteiger partial charge < -0.3 is 18.9 Å². The van der Waals surface area contributed by atoms with Gasteiger partial charge in [-0.25, -0.2) is 15.0 Å². The van der Waals surface area contributed by atoms with Gasteiger partial charge >= 0.3 is 5.97 Å². The van der Waals surface area contributed by atoms with Gasteiger partial charge in [-0.15, -0.1) is 0 Å². The first-order valence-corrected chi connectivity index (χ1v) is 10.8. The number of carbonyl (C=O) groups excluding carboxylic acids is 1. The second-order valence-electron chi connectivity index (χ2n) is 8.56. The highest BCUT2D eigenvalue weighted by Gasteiger charge is 2.56. The average molecular weight is 438 g/mol. The van der Waals surface area contributed by atoms with Crippen molar-refractivity contribution in [3.63, 3.8) is 0 Å². The molecular formula is C23H26N4O5. The lowest BCUT2D eigenvalue weighted by Gasteiger charge is -2.24. The number of aryl methyl sites for hydroxylation is 2. The monoisotopic (exact) mass is 438 g/mol. The number of fused-ring (bicyclic) bond motifs is 2. The van der Waals surface area contributed by atoms with Gasteiger partial charge in [-0.1, -0.05) is 30.3 Å². The maximum atomic E-state index is 11.3. The van der Waals surface area contributed by atoms with Crippen LogP contribution in [0.2, 0.25) is 0 Å². The second kappa shape index (κ2) is 8.23. The summed E-state index contributed by atoms with van der Waals surface area (Å²) in [6.07, 6.45) is 3.16. The molecule has 5 rings (SSSR count). The van der Waals surface area contributed by atoms with Crippen molar-refractivity contribution >= 4 is 17.1 Å². The number of imidazole rings is 1. The van der Waals surface area contributed by atoms with Crippen molar-refractivity contribution in [3.8, 4) is 0 Å². The summed E-state index contributed by atoms with van der Waals surface area (Å²) in [6.45, 7) is 5.19. The molecule has 0 radical (unpaired) electrons. The van der Waals surface area contributed by atoms with Gasteiger partial charge in [0.15, 0.2) is 17.7 Å². The molecule has 0 bridgehead atoms. The van der Waals surface area contributed by atoms with Crippen LogP contribution in [-0.4, -0.2) is 56.2 Å². The summed E-state index contributed by atoms with van der Waals surface area (Å²) in [5, 5.41) is 0. The van der Waals surface area contributed by atoms with Crippen LogP contribution in [0.5, 0.6) is 0 Å². The summed E-state index contributed by atoms with van der Waals surface area (Å²) in [5.41, 5.74) is 3.54. The summed E-state index contributed by atoms with van der Waals surface area (Å²) < 4.78 is 25.5. The van der Waals surface area contributed by atoms with Crippen molar-refractivity contribution in [1.29, 1.82) is 0 Å². The number of carbonyl (C=O) groups is 1. The number of hydrogen-bond donors (Lipinski definition) is 0. The Morgan fingerprint density at radius 1 is 1.09 bits per heavy atom. The maximum absolute atomic E-state index is 11.3. The van der Waals surface area contributed by atoms with Crippen molar-refractivity contribution in [2.75, 3.05) is 6.61 Å². The Morgan fingerprint density at radius 3 is 2.66 bits per heavy atom. The lowest BCUT2D eigenvalue weighted by Crippen LogP contribution is -2.33. The highest BCUT2D eigenvalue weighted by Crippen LogP contribution is 2.43. The van der Waals surface area contributed by atoms with E-state index < -0.39 is 18.1 Å². The molecule has 4 heterocycles. The van der Waals surface area contributed by atoms with Gasteiger partial charge in [0.1, 0.15) is 36.8 Å². The maximum Gasteiger partial charge on any atom is 0.302 e. The fourth-order valence-corrected chi connectivity index (χ4v) is 4.39. The molecule has 0 unspecified atom stereocenters. The third-order valence-electron chi connectivity index (χ3n) is 5.78. The number of hydrogen-bond acceptors (Lipinski definition) is 8. The third kappa shape index (κ3) is 3.99. The molecular weight excluding hydrogens is 412 g/mol. The van der Waals surface area contributed by atoms with Crippen LogP contribution in [0.15, 0.2) is 43.0 Å². The molecule has 9 heteroatoms. The van der Waals surface area contributed by atoms with Gasteiger partial charge in [-0.2, -0.15) is 0 Å². The molecule has 2 saturated heterocycles. The molecule has 2 fully saturated rings. The lowest BCUT2D eigenvalue weighted by atomic mass is 10.1. The van der Waals surface area contributed by atoms with E-state index in [-0.39, 0.29) is 24.8 Å². The normalized spacial score (nSPS) is 26.3. The zero-order valence-corrected chi connectivity index (χ0v) is 18.3. The lowest BCUT2D eigenvalue weighted by molar-refractivity contribution is -0.201. The number of esters is 1. The zero-order chi connectivity index (χ0) is 22.3. The minimum absolute atomic E-state index is 0.0936. The molecule has 4 atom stereocenters. The minimum atomic E-state index is -0.766. The fourth-order valence-electron chi connectivity index (χ4n) is 4.39. The summed E-state index contributed by atoms with van der Waals surface area (Å²) in [6, 6.07) is 10.3. The van der Waals surface area contributed by atoms with Gasteiger partial charge in [-0.3, -0.25) is 9.36 Å². The number of aromatic nitrogens is 4. The molecule has 168 valence electrons. The predicted octanol–water partition coefficient (Wildman–Crippen LogP) is 2.59. The first-order valence-electron chi connectivity index (χ1n) is 10.8. The van der Waals surface area contributed by atoms with Crippen LogP contribution < -0.4 is 0 Å². The Morgan fingerprint density at radius 2 is 1.88 bits per heavy atom. The van der Waals surface area contributed by atoms with Crippen molar-refractivity contribution in [2.45, 2.75) is 63.9 Å². The van der Waals surface area contributed by atoms with E-state index in [1.54, 1.807) is 12.7 Å². The Labute approximate surface area is 185 Å². The molecule has 3 aromatic rings. The largest absolute Gasteiger partial charge is 0.463 e. The van der Waals surface area contributed by atoms with E-state index in [2.05, 4.69) is 27.1 Å². The summed E-state index contributed by atoms with van der Waals surface area (Å²) >= 11 is 0. The second-order valence-corrected chi connectivity index (χ2v) is 8.56. The average Bonchev–Trinajstić information content (AvgIpc) is 3.42. The SMILES string of the molecule is CC(=O)OC[C@H]1O[C@@H](n2cnc3c(CCc4ccccc4)ncnc32)[C@@H]2OC(C)(C)O[C@@H]21. The third-order valence-corrected chi connectivity index (χ3v) is 5.78. The van der Waals surface area contributed by atoms with Crippen molar-refractivity contribution in [3.05, 3.63) is 54.2 Å². The van der Waals surface area contributed by atoms with Crippen LogP contribution in [0.1, 0.15) is 38.3 Å². The number of ether oxygens (including phenoxy) is 4. The zero-order valence-electron chi connectivity index (χ0n) is 18.3. The molecule has 2 aliphatic heterocycles. The number of rotatable bonds is 6. The Hall–Kier alpha value is -2.88. The molecule has 0 saturated carbocycles. The van der Waals surface area contributed by atoms with Crippen molar-refractivity contribution < 1.29 is 23.7 Å². The molecule has 0 spiro atoms. The minimum Gasteiger partial charge on any atom is -0.463 e. The van der Waals surface area contributed by atoms with Crippen LogP contribution in [0.3, 0.4) is 0 Å². The summed E-state index contributed by atoms with van der Waals surface area (Å²) in [4.78, 5) is 24.9. The molecule has 9 nitrogen and oxygen atoms in total. The smallest absolute Gasteiger partial charge is 0.302 e. The molecule has 2 aliphatic rings. The van der Waals surface area contributed by atoms with Gasteiger partial charge in [0.2, 0.25) is 0 Å². The van der Waals surface area contributed by atoms with E-state index in [4.69, 9.17) is 18.9 Å². The highest BCUT2D eigenvalue weighted by molar-refractivity contribution is 5.73. The molecule has 0 amide bonds. The highest BCUT2D eigenvalue weighted by atomic mass is 16.8.